The van der Waals surface area contributed by atoms with E-state index >= 15 is 0 Å². The second-order valence-corrected chi connectivity index (χ2v) is 8.55. The van der Waals surface area contributed by atoms with E-state index < -0.39 is 0 Å². The highest BCUT2D eigenvalue weighted by Crippen LogP contribution is 2.29. The van der Waals surface area contributed by atoms with Gasteiger partial charge >= 0.3 is 0 Å². The van der Waals surface area contributed by atoms with Crippen LogP contribution in [0.1, 0.15) is 34.6 Å². The van der Waals surface area contributed by atoms with E-state index in [-0.39, 0.29) is 11.7 Å². The van der Waals surface area contributed by atoms with Gasteiger partial charge in [0.2, 0.25) is 0 Å². The molecule has 3 heterocycles. The van der Waals surface area contributed by atoms with Crippen molar-refractivity contribution < 1.29 is 9.18 Å². The number of carbonyl (C=O) groups excluding carboxylic acids is 1. The lowest BCUT2D eigenvalue weighted by atomic mass is 10.1. The highest BCUT2D eigenvalue weighted by molar-refractivity contribution is 7.17. The first kappa shape index (κ1) is 18.3. The standard InChI is InChI=1S/C20H20FN3OS2/c21-15-6-4-14(5-7-15)17-8-9-18(27-17)19(25)23-20-22-16(13-26-20)12-24-10-2-1-3-11-24/h4-9,13H,1-3,10-12H2,(H,22,23,25). The fraction of sp³-hybridized carbons (Fsp3) is 0.300. The van der Waals surface area contributed by atoms with Crippen LogP contribution >= 0.6 is 22.7 Å². The molecule has 1 aliphatic heterocycles. The highest BCUT2D eigenvalue weighted by Gasteiger charge is 2.15. The third-order valence-corrected chi connectivity index (χ3v) is 6.50. The average Bonchev–Trinajstić information content (AvgIpc) is 3.33. The quantitative estimate of drug-likeness (QED) is 0.635. The zero-order valence-electron chi connectivity index (χ0n) is 14.8. The van der Waals surface area contributed by atoms with Gasteiger partial charge in [-0.15, -0.1) is 22.7 Å². The van der Waals surface area contributed by atoms with E-state index in [2.05, 4.69) is 15.2 Å². The van der Waals surface area contributed by atoms with Crippen LogP contribution in [-0.2, 0) is 6.54 Å². The molecule has 1 N–H and O–H groups in total. The summed E-state index contributed by atoms with van der Waals surface area (Å²) in [7, 11) is 0. The number of anilines is 1. The Labute approximate surface area is 165 Å². The number of rotatable bonds is 5. The first-order chi connectivity index (χ1) is 13.2. The number of likely N-dealkylation sites (tertiary alicyclic amines) is 1. The van der Waals surface area contributed by atoms with Crippen LogP contribution in [-0.4, -0.2) is 28.9 Å². The molecule has 0 radical (unpaired) electrons. The van der Waals surface area contributed by atoms with E-state index in [0.717, 1.165) is 35.8 Å². The summed E-state index contributed by atoms with van der Waals surface area (Å²) in [4.78, 5) is 21.0. The molecule has 1 aliphatic rings. The number of hydrogen-bond acceptors (Lipinski definition) is 5. The lowest BCUT2D eigenvalue weighted by Gasteiger charge is -2.25. The molecule has 0 aliphatic carbocycles. The van der Waals surface area contributed by atoms with Crippen molar-refractivity contribution in [1.29, 1.82) is 0 Å². The Morgan fingerprint density at radius 1 is 1.11 bits per heavy atom. The average molecular weight is 402 g/mol. The van der Waals surface area contributed by atoms with Crippen molar-refractivity contribution in [2.45, 2.75) is 25.8 Å². The zero-order valence-corrected chi connectivity index (χ0v) is 16.4. The molecule has 4 nitrogen and oxygen atoms in total. The largest absolute Gasteiger partial charge is 0.297 e. The second-order valence-electron chi connectivity index (χ2n) is 6.61. The van der Waals surface area contributed by atoms with E-state index in [1.165, 1.54) is 54.1 Å². The maximum Gasteiger partial charge on any atom is 0.267 e. The van der Waals surface area contributed by atoms with Crippen molar-refractivity contribution in [3.8, 4) is 10.4 Å². The molecule has 0 saturated carbocycles. The van der Waals surface area contributed by atoms with Gasteiger partial charge in [0.05, 0.1) is 10.6 Å². The van der Waals surface area contributed by atoms with Gasteiger partial charge < -0.3 is 0 Å². The van der Waals surface area contributed by atoms with Crippen LogP contribution in [0.15, 0.2) is 41.8 Å². The summed E-state index contributed by atoms with van der Waals surface area (Å²) >= 11 is 2.85. The molecule has 140 valence electrons. The van der Waals surface area contributed by atoms with Crippen LogP contribution in [0.5, 0.6) is 0 Å². The summed E-state index contributed by atoms with van der Waals surface area (Å²) in [5.74, 6) is -0.426. The lowest BCUT2D eigenvalue weighted by molar-refractivity contribution is 0.103. The van der Waals surface area contributed by atoms with Gasteiger partial charge in [-0.25, -0.2) is 9.37 Å². The fourth-order valence-corrected chi connectivity index (χ4v) is 4.77. The minimum absolute atomic E-state index is 0.160. The molecule has 1 saturated heterocycles. The third kappa shape index (κ3) is 4.61. The summed E-state index contributed by atoms with van der Waals surface area (Å²) < 4.78 is 13.1. The number of nitrogens with zero attached hydrogens (tertiary/aromatic N) is 2. The summed E-state index contributed by atoms with van der Waals surface area (Å²) in [5, 5.41) is 5.54. The molecule has 4 rings (SSSR count). The summed E-state index contributed by atoms with van der Waals surface area (Å²) in [6.45, 7) is 3.10. The fourth-order valence-electron chi connectivity index (χ4n) is 3.17. The predicted molar refractivity (Wildman–Crippen MR) is 109 cm³/mol. The Kier molecular flexibility index (Phi) is 5.61. The maximum absolute atomic E-state index is 13.1. The number of aromatic nitrogens is 1. The Hall–Kier alpha value is -2.09. The minimum Gasteiger partial charge on any atom is -0.297 e. The van der Waals surface area contributed by atoms with Gasteiger partial charge in [0.25, 0.3) is 5.91 Å². The number of hydrogen-bond donors (Lipinski definition) is 1. The monoisotopic (exact) mass is 401 g/mol. The smallest absolute Gasteiger partial charge is 0.267 e. The number of amides is 1. The Morgan fingerprint density at radius 3 is 2.67 bits per heavy atom. The molecular weight excluding hydrogens is 381 g/mol. The van der Waals surface area contributed by atoms with Crippen LogP contribution in [0.2, 0.25) is 0 Å². The van der Waals surface area contributed by atoms with Crippen LogP contribution in [0, 0.1) is 5.82 Å². The van der Waals surface area contributed by atoms with Gasteiger partial charge in [-0.3, -0.25) is 15.0 Å². The van der Waals surface area contributed by atoms with E-state index in [1.54, 1.807) is 18.2 Å². The predicted octanol–water partition coefficient (Wildman–Crippen LogP) is 5.25. The van der Waals surface area contributed by atoms with Gasteiger partial charge in [-0.1, -0.05) is 18.6 Å². The maximum atomic E-state index is 13.1. The topological polar surface area (TPSA) is 45.2 Å². The van der Waals surface area contributed by atoms with Crippen LogP contribution in [0.25, 0.3) is 10.4 Å². The van der Waals surface area contributed by atoms with Crippen molar-refractivity contribution >= 4 is 33.7 Å². The van der Waals surface area contributed by atoms with Gasteiger partial charge in [-0.05, 0) is 55.8 Å². The number of nitrogens with one attached hydrogen (secondary N) is 1. The Bertz CT molecular complexity index is 913. The van der Waals surface area contributed by atoms with E-state index in [4.69, 9.17) is 0 Å². The summed E-state index contributed by atoms with van der Waals surface area (Å²) in [6.07, 6.45) is 3.82. The third-order valence-electron chi connectivity index (χ3n) is 4.57. The van der Waals surface area contributed by atoms with Gasteiger partial charge in [0.15, 0.2) is 5.13 Å². The first-order valence-electron chi connectivity index (χ1n) is 9.01. The van der Waals surface area contributed by atoms with E-state index in [9.17, 15) is 9.18 Å². The van der Waals surface area contributed by atoms with Crippen molar-refractivity contribution in [1.82, 2.24) is 9.88 Å². The normalized spacial score (nSPS) is 15.0. The number of piperidine rings is 1. The Morgan fingerprint density at radius 2 is 1.89 bits per heavy atom. The molecule has 2 aromatic heterocycles. The van der Waals surface area contributed by atoms with Gasteiger partial charge in [0, 0.05) is 16.8 Å². The number of benzene rings is 1. The number of thiophene rings is 1. The number of carbonyl (C=O) groups is 1. The molecule has 1 fully saturated rings. The second kappa shape index (κ2) is 8.29. The molecule has 0 atom stereocenters. The van der Waals surface area contributed by atoms with Crippen LogP contribution in [0.3, 0.4) is 0 Å². The summed E-state index contributed by atoms with van der Waals surface area (Å²) in [5.41, 5.74) is 1.91. The zero-order chi connectivity index (χ0) is 18.6. The molecular formula is C20H20FN3OS2. The van der Waals surface area contributed by atoms with Crippen molar-refractivity contribution in [3.63, 3.8) is 0 Å². The van der Waals surface area contributed by atoms with Crippen molar-refractivity contribution in [3.05, 3.63) is 58.2 Å². The number of halogens is 1. The molecule has 3 aromatic rings. The molecule has 1 amide bonds. The van der Waals surface area contributed by atoms with Crippen molar-refractivity contribution in [2.75, 3.05) is 18.4 Å². The summed E-state index contributed by atoms with van der Waals surface area (Å²) in [6, 6.07) is 9.97. The van der Waals surface area contributed by atoms with Crippen LogP contribution < -0.4 is 5.32 Å². The Balaban J connectivity index is 1.38. The van der Waals surface area contributed by atoms with Gasteiger partial charge in [-0.2, -0.15) is 0 Å². The van der Waals surface area contributed by atoms with E-state index in [1.807, 2.05) is 11.4 Å². The molecule has 7 heteroatoms. The molecule has 0 bridgehead atoms. The lowest BCUT2D eigenvalue weighted by Crippen LogP contribution is -2.29. The van der Waals surface area contributed by atoms with Crippen LogP contribution in [0.4, 0.5) is 9.52 Å². The van der Waals surface area contributed by atoms with Crippen molar-refractivity contribution in [2.24, 2.45) is 0 Å². The molecule has 0 unspecified atom stereocenters. The SMILES string of the molecule is O=C(Nc1nc(CN2CCCCC2)cs1)c1ccc(-c2ccc(F)cc2)s1. The highest BCUT2D eigenvalue weighted by atomic mass is 32.1. The molecule has 27 heavy (non-hydrogen) atoms. The number of thiazole rings is 1. The first-order valence-corrected chi connectivity index (χ1v) is 10.7. The van der Waals surface area contributed by atoms with Gasteiger partial charge in [0.1, 0.15) is 5.82 Å². The molecule has 0 spiro atoms. The molecule has 1 aromatic carbocycles. The van der Waals surface area contributed by atoms with E-state index in [0.29, 0.717) is 10.0 Å². The minimum atomic E-state index is -0.266.